The van der Waals surface area contributed by atoms with Crippen molar-refractivity contribution in [2.45, 2.75) is 19.0 Å². The van der Waals surface area contributed by atoms with E-state index in [1.54, 1.807) is 6.92 Å². The molecule has 2 nitrogen and oxygen atoms in total. The topological polar surface area (TPSA) is 52.0 Å². The standard InChI is InChI=1S/C9H11ClF2N2/c1-4(13)9(14)7-6(11)3-2-5(10)8(7)12/h2-4,9H,13-14H2,1H3/t4-,9+/m0/s1. The van der Waals surface area contributed by atoms with Gasteiger partial charge in [-0.25, -0.2) is 8.78 Å². The van der Waals surface area contributed by atoms with E-state index in [4.69, 9.17) is 23.1 Å². The second-order valence-electron chi connectivity index (χ2n) is 3.14. The van der Waals surface area contributed by atoms with Crippen LogP contribution in [-0.4, -0.2) is 6.04 Å². The Morgan fingerprint density at radius 2 is 1.86 bits per heavy atom. The fraction of sp³-hybridized carbons (Fsp3) is 0.333. The SMILES string of the molecule is C[C@H](N)[C@@H](N)c1c(F)ccc(Cl)c1F. The van der Waals surface area contributed by atoms with Gasteiger partial charge in [0.1, 0.15) is 11.6 Å². The van der Waals surface area contributed by atoms with E-state index in [0.29, 0.717) is 0 Å². The molecular formula is C9H11ClF2N2. The molecule has 14 heavy (non-hydrogen) atoms. The second-order valence-corrected chi connectivity index (χ2v) is 3.55. The van der Waals surface area contributed by atoms with E-state index < -0.39 is 23.7 Å². The average molecular weight is 221 g/mol. The van der Waals surface area contributed by atoms with Gasteiger partial charge in [0.2, 0.25) is 0 Å². The molecule has 1 aromatic rings. The quantitative estimate of drug-likeness (QED) is 0.749. The molecule has 0 radical (unpaired) electrons. The zero-order valence-electron chi connectivity index (χ0n) is 7.60. The normalized spacial score (nSPS) is 15.3. The van der Waals surface area contributed by atoms with Crippen LogP contribution in [0.25, 0.3) is 0 Å². The number of hydrogen-bond acceptors (Lipinski definition) is 2. The summed E-state index contributed by atoms with van der Waals surface area (Å²) in [5.41, 5.74) is 10.7. The molecule has 0 bridgehead atoms. The molecule has 0 amide bonds. The predicted octanol–water partition coefficient (Wildman–Crippen LogP) is 1.97. The molecule has 0 aliphatic rings. The van der Waals surface area contributed by atoms with Gasteiger partial charge in [-0.05, 0) is 19.1 Å². The molecule has 0 aliphatic heterocycles. The monoisotopic (exact) mass is 220 g/mol. The van der Waals surface area contributed by atoms with Crippen molar-refractivity contribution in [2.24, 2.45) is 11.5 Å². The Hall–Kier alpha value is -0.710. The molecule has 1 aromatic carbocycles. The van der Waals surface area contributed by atoms with Crippen LogP contribution in [0.15, 0.2) is 12.1 Å². The molecule has 0 spiro atoms. The summed E-state index contributed by atoms with van der Waals surface area (Å²) in [7, 11) is 0. The summed E-state index contributed by atoms with van der Waals surface area (Å²) in [5, 5.41) is -0.155. The van der Waals surface area contributed by atoms with Crippen molar-refractivity contribution in [3.05, 3.63) is 34.4 Å². The minimum absolute atomic E-state index is 0.155. The highest BCUT2D eigenvalue weighted by Crippen LogP contribution is 2.26. The number of nitrogens with two attached hydrogens (primary N) is 2. The van der Waals surface area contributed by atoms with Gasteiger partial charge in [-0.15, -0.1) is 0 Å². The first-order chi connectivity index (χ1) is 6.45. The number of halogens is 3. The van der Waals surface area contributed by atoms with Crippen molar-refractivity contribution in [3.8, 4) is 0 Å². The van der Waals surface area contributed by atoms with Gasteiger partial charge in [0.25, 0.3) is 0 Å². The Balaban J connectivity index is 3.25. The molecule has 0 saturated heterocycles. The first-order valence-electron chi connectivity index (χ1n) is 4.09. The zero-order valence-corrected chi connectivity index (χ0v) is 8.35. The van der Waals surface area contributed by atoms with Crippen molar-refractivity contribution in [1.29, 1.82) is 0 Å². The average Bonchev–Trinajstić information content (AvgIpc) is 2.12. The van der Waals surface area contributed by atoms with Crippen molar-refractivity contribution in [1.82, 2.24) is 0 Å². The van der Waals surface area contributed by atoms with Gasteiger partial charge in [0, 0.05) is 11.6 Å². The molecule has 0 unspecified atom stereocenters. The molecule has 5 heteroatoms. The van der Waals surface area contributed by atoms with Gasteiger partial charge in [-0.3, -0.25) is 0 Å². The van der Waals surface area contributed by atoms with Crippen molar-refractivity contribution < 1.29 is 8.78 Å². The molecule has 0 aromatic heterocycles. The van der Waals surface area contributed by atoms with E-state index >= 15 is 0 Å². The summed E-state index contributed by atoms with van der Waals surface area (Å²) < 4.78 is 26.6. The van der Waals surface area contributed by atoms with Crippen LogP contribution >= 0.6 is 11.6 Å². The summed E-state index contributed by atoms with van der Waals surface area (Å²) in [4.78, 5) is 0. The fourth-order valence-corrected chi connectivity index (χ4v) is 1.28. The number of hydrogen-bond donors (Lipinski definition) is 2. The second kappa shape index (κ2) is 4.21. The third kappa shape index (κ3) is 2.03. The Morgan fingerprint density at radius 1 is 1.29 bits per heavy atom. The van der Waals surface area contributed by atoms with Crippen molar-refractivity contribution in [3.63, 3.8) is 0 Å². The number of rotatable bonds is 2. The van der Waals surface area contributed by atoms with Crippen molar-refractivity contribution >= 4 is 11.6 Å². The summed E-state index contributed by atoms with van der Waals surface area (Å²) in [6.45, 7) is 1.57. The molecule has 0 heterocycles. The van der Waals surface area contributed by atoms with Gasteiger partial charge in [0.05, 0.1) is 11.1 Å². The maximum Gasteiger partial charge on any atom is 0.149 e. The highest BCUT2D eigenvalue weighted by atomic mass is 35.5. The first kappa shape index (κ1) is 11.4. The summed E-state index contributed by atoms with van der Waals surface area (Å²) in [6, 6.07) is 0.776. The zero-order chi connectivity index (χ0) is 10.9. The highest BCUT2D eigenvalue weighted by Gasteiger charge is 2.21. The van der Waals surface area contributed by atoms with Gasteiger partial charge >= 0.3 is 0 Å². The Labute approximate surface area is 85.8 Å². The van der Waals surface area contributed by atoms with Crippen LogP contribution in [0.1, 0.15) is 18.5 Å². The van der Waals surface area contributed by atoms with E-state index in [9.17, 15) is 8.78 Å². The van der Waals surface area contributed by atoms with Crippen LogP contribution in [-0.2, 0) is 0 Å². The Bertz CT molecular complexity index is 342. The summed E-state index contributed by atoms with van der Waals surface area (Å²) >= 11 is 5.50. The molecule has 78 valence electrons. The van der Waals surface area contributed by atoms with Crippen LogP contribution < -0.4 is 11.5 Å². The van der Waals surface area contributed by atoms with Crippen LogP contribution in [0.4, 0.5) is 8.78 Å². The van der Waals surface area contributed by atoms with E-state index in [0.717, 1.165) is 12.1 Å². The minimum Gasteiger partial charge on any atom is -0.326 e. The van der Waals surface area contributed by atoms with Crippen LogP contribution in [0, 0.1) is 11.6 Å². The Morgan fingerprint density at radius 3 is 2.36 bits per heavy atom. The van der Waals surface area contributed by atoms with Crippen LogP contribution in [0.2, 0.25) is 5.02 Å². The molecule has 0 saturated carbocycles. The fourth-order valence-electron chi connectivity index (χ4n) is 1.11. The van der Waals surface area contributed by atoms with E-state index in [1.165, 1.54) is 0 Å². The lowest BCUT2D eigenvalue weighted by atomic mass is 10.0. The molecule has 0 aliphatic carbocycles. The Kier molecular flexibility index (Phi) is 3.42. The smallest absolute Gasteiger partial charge is 0.149 e. The molecular weight excluding hydrogens is 210 g/mol. The largest absolute Gasteiger partial charge is 0.326 e. The lowest BCUT2D eigenvalue weighted by Gasteiger charge is -2.17. The van der Waals surface area contributed by atoms with Crippen molar-refractivity contribution in [2.75, 3.05) is 0 Å². The van der Waals surface area contributed by atoms with Gasteiger partial charge in [0.15, 0.2) is 0 Å². The number of benzene rings is 1. The maximum absolute atomic E-state index is 13.4. The van der Waals surface area contributed by atoms with Gasteiger partial charge in [-0.2, -0.15) is 0 Å². The van der Waals surface area contributed by atoms with E-state index in [-0.39, 0.29) is 10.6 Å². The molecule has 1 rings (SSSR count). The highest BCUT2D eigenvalue weighted by molar-refractivity contribution is 6.30. The summed E-state index contributed by atoms with van der Waals surface area (Å²) in [6.07, 6.45) is 0. The van der Waals surface area contributed by atoms with Crippen LogP contribution in [0.5, 0.6) is 0 Å². The third-order valence-corrected chi connectivity index (χ3v) is 2.27. The van der Waals surface area contributed by atoms with E-state index in [1.807, 2.05) is 0 Å². The van der Waals surface area contributed by atoms with E-state index in [2.05, 4.69) is 0 Å². The minimum atomic E-state index is -0.895. The van der Waals surface area contributed by atoms with Crippen LogP contribution in [0.3, 0.4) is 0 Å². The summed E-state index contributed by atoms with van der Waals surface area (Å²) in [5.74, 6) is -1.56. The third-order valence-electron chi connectivity index (χ3n) is 1.98. The van der Waals surface area contributed by atoms with Gasteiger partial charge in [-0.1, -0.05) is 11.6 Å². The predicted molar refractivity (Wildman–Crippen MR) is 51.9 cm³/mol. The molecule has 0 fully saturated rings. The maximum atomic E-state index is 13.4. The lowest BCUT2D eigenvalue weighted by Crippen LogP contribution is -2.32. The molecule has 2 atom stereocenters. The van der Waals surface area contributed by atoms with Gasteiger partial charge < -0.3 is 11.5 Å². The molecule has 4 N–H and O–H groups in total. The first-order valence-corrected chi connectivity index (χ1v) is 4.47. The lowest BCUT2D eigenvalue weighted by molar-refractivity contribution is 0.493.